The van der Waals surface area contributed by atoms with Crippen LogP contribution in [0.1, 0.15) is 6.92 Å². The molecule has 0 fully saturated rings. The molecule has 0 bridgehead atoms. The molecule has 3 rings (SSSR count). The van der Waals surface area contributed by atoms with Gasteiger partial charge in [0, 0.05) is 12.7 Å². The molecule has 5 nitrogen and oxygen atoms in total. The normalized spacial score (nSPS) is 10.9. The topological polar surface area (TPSA) is 56.7 Å². The lowest BCUT2D eigenvalue weighted by molar-refractivity contribution is 0.430. The Kier molecular flexibility index (Phi) is 2.49. The SMILES string of the molecule is CCn1ccc(-c2nc(-c3cccs3)no2)n1. The van der Waals surface area contributed by atoms with E-state index in [0.29, 0.717) is 17.4 Å². The summed E-state index contributed by atoms with van der Waals surface area (Å²) in [5.74, 6) is 1.07. The van der Waals surface area contributed by atoms with Gasteiger partial charge in [0.15, 0.2) is 5.69 Å². The maximum absolute atomic E-state index is 5.20. The second kappa shape index (κ2) is 4.14. The quantitative estimate of drug-likeness (QED) is 0.713. The summed E-state index contributed by atoms with van der Waals surface area (Å²) in [6, 6.07) is 5.79. The van der Waals surface area contributed by atoms with Crippen molar-refractivity contribution in [3.63, 3.8) is 0 Å². The summed E-state index contributed by atoms with van der Waals surface area (Å²) in [5.41, 5.74) is 0.710. The first-order chi connectivity index (χ1) is 8.36. The third kappa shape index (κ3) is 1.87. The molecule has 0 radical (unpaired) electrons. The second-order valence-electron chi connectivity index (χ2n) is 3.46. The molecule has 3 heterocycles. The second-order valence-corrected chi connectivity index (χ2v) is 4.40. The number of rotatable bonds is 3. The lowest BCUT2D eigenvalue weighted by atomic mass is 10.4. The zero-order valence-corrected chi connectivity index (χ0v) is 10.0. The van der Waals surface area contributed by atoms with Gasteiger partial charge < -0.3 is 4.52 Å². The van der Waals surface area contributed by atoms with E-state index in [-0.39, 0.29) is 0 Å². The molecule has 17 heavy (non-hydrogen) atoms. The van der Waals surface area contributed by atoms with Gasteiger partial charge in [0.1, 0.15) is 0 Å². The van der Waals surface area contributed by atoms with Crippen LogP contribution < -0.4 is 0 Å². The zero-order chi connectivity index (χ0) is 11.7. The summed E-state index contributed by atoms with van der Waals surface area (Å²) in [4.78, 5) is 5.32. The zero-order valence-electron chi connectivity index (χ0n) is 9.20. The molecule has 0 aliphatic heterocycles. The monoisotopic (exact) mass is 246 g/mol. The van der Waals surface area contributed by atoms with Crippen LogP contribution in [0.4, 0.5) is 0 Å². The molecular formula is C11H10N4OS. The Labute approximate surface area is 102 Å². The predicted molar refractivity (Wildman–Crippen MR) is 64.5 cm³/mol. The van der Waals surface area contributed by atoms with Gasteiger partial charge in [-0.1, -0.05) is 11.2 Å². The third-order valence-corrected chi connectivity index (χ3v) is 3.22. The van der Waals surface area contributed by atoms with Crippen LogP contribution in [0.25, 0.3) is 22.3 Å². The van der Waals surface area contributed by atoms with E-state index in [1.54, 1.807) is 11.3 Å². The van der Waals surface area contributed by atoms with Crippen LogP contribution in [-0.2, 0) is 6.54 Å². The molecule has 0 saturated heterocycles. The minimum absolute atomic E-state index is 0.459. The first kappa shape index (κ1) is 10.2. The molecule has 0 unspecified atom stereocenters. The van der Waals surface area contributed by atoms with E-state index in [1.165, 1.54) is 0 Å². The molecule has 0 N–H and O–H groups in total. The third-order valence-electron chi connectivity index (χ3n) is 2.35. The van der Waals surface area contributed by atoms with Gasteiger partial charge in [0.2, 0.25) is 5.82 Å². The average molecular weight is 246 g/mol. The summed E-state index contributed by atoms with van der Waals surface area (Å²) in [6.07, 6.45) is 1.89. The number of hydrogen-bond acceptors (Lipinski definition) is 5. The van der Waals surface area contributed by atoms with E-state index >= 15 is 0 Å². The largest absolute Gasteiger partial charge is 0.332 e. The average Bonchev–Trinajstić information content (AvgIpc) is 3.09. The fraction of sp³-hybridized carbons (Fsp3) is 0.182. The molecule has 0 spiro atoms. The van der Waals surface area contributed by atoms with Crippen LogP contribution >= 0.6 is 11.3 Å². The molecule has 0 atom stereocenters. The number of hydrogen-bond donors (Lipinski definition) is 0. The highest BCUT2D eigenvalue weighted by atomic mass is 32.1. The van der Waals surface area contributed by atoms with Crippen LogP contribution in [0.2, 0.25) is 0 Å². The highest BCUT2D eigenvalue weighted by Crippen LogP contribution is 2.24. The number of aryl methyl sites for hydroxylation is 1. The highest BCUT2D eigenvalue weighted by molar-refractivity contribution is 7.13. The van der Waals surface area contributed by atoms with E-state index in [9.17, 15) is 0 Å². The van der Waals surface area contributed by atoms with Crippen molar-refractivity contribution < 1.29 is 4.52 Å². The minimum atomic E-state index is 0.459. The Bertz CT molecular complexity index is 611. The Hall–Kier alpha value is -1.95. The molecular weight excluding hydrogens is 236 g/mol. The van der Waals surface area contributed by atoms with Crippen LogP contribution in [0, 0.1) is 0 Å². The smallest absolute Gasteiger partial charge is 0.278 e. The standard InChI is InChI=1S/C11H10N4OS/c1-2-15-6-5-8(13-15)11-12-10(14-16-11)9-4-3-7-17-9/h3-7H,2H2,1H3. The maximum atomic E-state index is 5.20. The van der Waals surface area contributed by atoms with Gasteiger partial charge in [0.25, 0.3) is 5.89 Å². The fourth-order valence-corrected chi connectivity index (χ4v) is 2.13. The van der Waals surface area contributed by atoms with E-state index in [1.807, 2.05) is 41.4 Å². The molecule has 0 aliphatic rings. The first-order valence-electron chi connectivity index (χ1n) is 5.28. The number of thiophene rings is 1. The van der Waals surface area contributed by atoms with Gasteiger partial charge in [-0.3, -0.25) is 4.68 Å². The van der Waals surface area contributed by atoms with Crippen molar-refractivity contribution in [1.82, 2.24) is 19.9 Å². The van der Waals surface area contributed by atoms with Gasteiger partial charge in [-0.25, -0.2) is 0 Å². The van der Waals surface area contributed by atoms with E-state index < -0.39 is 0 Å². The van der Waals surface area contributed by atoms with Crippen LogP contribution in [0.15, 0.2) is 34.3 Å². The van der Waals surface area contributed by atoms with Gasteiger partial charge in [-0.2, -0.15) is 10.1 Å². The Morgan fingerprint density at radius 2 is 2.35 bits per heavy atom. The summed E-state index contributed by atoms with van der Waals surface area (Å²) < 4.78 is 7.03. The number of aromatic nitrogens is 4. The van der Waals surface area contributed by atoms with Crippen LogP contribution in [-0.4, -0.2) is 19.9 Å². The van der Waals surface area contributed by atoms with Crippen molar-refractivity contribution in [2.75, 3.05) is 0 Å². The van der Waals surface area contributed by atoms with E-state index in [2.05, 4.69) is 15.2 Å². The molecule has 0 aromatic carbocycles. The molecule has 3 aromatic rings. The highest BCUT2D eigenvalue weighted by Gasteiger charge is 2.13. The Morgan fingerprint density at radius 3 is 3.06 bits per heavy atom. The van der Waals surface area contributed by atoms with Gasteiger partial charge in [0.05, 0.1) is 4.88 Å². The summed E-state index contributed by atoms with van der Waals surface area (Å²) in [5, 5.41) is 10.2. The molecule has 0 amide bonds. The molecule has 0 aliphatic carbocycles. The Balaban J connectivity index is 1.94. The summed E-state index contributed by atoms with van der Waals surface area (Å²) in [6.45, 7) is 2.85. The number of nitrogens with zero attached hydrogens (tertiary/aromatic N) is 4. The molecule has 0 saturated carbocycles. The van der Waals surface area contributed by atoms with Gasteiger partial charge in [-0.15, -0.1) is 11.3 Å². The van der Waals surface area contributed by atoms with Gasteiger partial charge >= 0.3 is 0 Å². The van der Waals surface area contributed by atoms with Crippen molar-refractivity contribution in [1.29, 1.82) is 0 Å². The van der Waals surface area contributed by atoms with Crippen molar-refractivity contribution in [2.24, 2.45) is 0 Å². The van der Waals surface area contributed by atoms with Crippen molar-refractivity contribution in [3.8, 4) is 22.3 Å². The van der Waals surface area contributed by atoms with E-state index in [4.69, 9.17) is 4.52 Å². The van der Waals surface area contributed by atoms with E-state index in [0.717, 1.165) is 11.4 Å². The fourth-order valence-electron chi connectivity index (χ4n) is 1.49. The minimum Gasteiger partial charge on any atom is -0.332 e. The van der Waals surface area contributed by atoms with Crippen molar-refractivity contribution in [2.45, 2.75) is 13.5 Å². The van der Waals surface area contributed by atoms with Crippen LogP contribution in [0.3, 0.4) is 0 Å². The first-order valence-corrected chi connectivity index (χ1v) is 6.16. The summed E-state index contributed by atoms with van der Waals surface area (Å²) in [7, 11) is 0. The van der Waals surface area contributed by atoms with Crippen molar-refractivity contribution in [3.05, 3.63) is 29.8 Å². The lowest BCUT2D eigenvalue weighted by Crippen LogP contribution is -1.93. The van der Waals surface area contributed by atoms with Gasteiger partial charge in [-0.05, 0) is 24.4 Å². The molecule has 86 valence electrons. The van der Waals surface area contributed by atoms with Crippen molar-refractivity contribution >= 4 is 11.3 Å². The molecule has 3 aromatic heterocycles. The Morgan fingerprint density at radius 1 is 1.41 bits per heavy atom. The molecule has 6 heteroatoms. The predicted octanol–water partition coefficient (Wildman–Crippen LogP) is 2.68. The lowest BCUT2D eigenvalue weighted by Gasteiger charge is -1.90. The summed E-state index contributed by atoms with van der Waals surface area (Å²) >= 11 is 1.58. The maximum Gasteiger partial charge on any atom is 0.278 e. The van der Waals surface area contributed by atoms with Crippen LogP contribution in [0.5, 0.6) is 0 Å².